The second kappa shape index (κ2) is 8.45. The Balaban J connectivity index is 3.75. The lowest BCUT2D eigenvalue weighted by Crippen LogP contribution is -2.12. The molecule has 1 atom stereocenters. The van der Waals surface area contributed by atoms with Crippen LogP contribution in [0.1, 0.15) is 52.4 Å². The molecule has 0 fully saturated rings. The fourth-order valence-corrected chi connectivity index (χ4v) is 1.60. The standard InChI is InChI=1S/C12H22O3/c1-4-5-7-11(10(2)13)8-6-9-12(14)15-3/h11H,4-9H2,1-3H3. The molecule has 88 valence electrons. The van der Waals surface area contributed by atoms with E-state index < -0.39 is 0 Å². The number of methoxy groups -OCH3 is 1. The van der Waals surface area contributed by atoms with Crippen LogP contribution in [0.4, 0.5) is 0 Å². The molecule has 0 radical (unpaired) electrons. The average molecular weight is 214 g/mol. The largest absolute Gasteiger partial charge is 0.469 e. The molecule has 0 saturated heterocycles. The van der Waals surface area contributed by atoms with E-state index in [2.05, 4.69) is 11.7 Å². The van der Waals surface area contributed by atoms with Gasteiger partial charge in [-0.05, 0) is 26.2 Å². The fourth-order valence-electron chi connectivity index (χ4n) is 1.60. The van der Waals surface area contributed by atoms with Crippen molar-refractivity contribution in [2.45, 2.75) is 52.4 Å². The van der Waals surface area contributed by atoms with Gasteiger partial charge in [0.2, 0.25) is 0 Å². The summed E-state index contributed by atoms with van der Waals surface area (Å²) in [6.07, 6.45) is 5.13. The molecule has 0 spiro atoms. The maximum absolute atomic E-state index is 11.3. The molecule has 0 aliphatic carbocycles. The summed E-state index contributed by atoms with van der Waals surface area (Å²) in [4.78, 5) is 22.1. The van der Waals surface area contributed by atoms with Crippen LogP contribution < -0.4 is 0 Å². The van der Waals surface area contributed by atoms with Crippen molar-refractivity contribution >= 4 is 11.8 Å². The second-order valence-corrected chi connectivity index (χ2v) is 3.92. The van der Waals surface area contributed by atoms with Crippen LogP contribution in [-0.2, 0) is 14.3 Å². The highest BCUT2D eigenvalue weighted by Gasteiger charge is 2.13. The van der Waals surface area contributed by atoms with E-state index in [-0.39, 0.29) is 17.7 Å². The number of carbonyl (C=O) groups excluding carboxylic acids is 2. The van der Waals surface area contributed by atoms with Crippen molar-refractivity contribution in [2.24, 2.45) is 5.92 Å². The van der Waals surface area contributed by atoms with Crippen molar-refractivity contribution in [3.8, 4) is 0 Å². The zero-order valence-electron chi connectivity index (χ0n) is 10.0. The maximum atomic E-state index is 11.3. The number of hydrogen-bond acceptors (Lipinski definition) is 3. The van der Waals surface area contributed by atoms with Crippen molar-refractivity contribution in [1.29, 1.82) is 0 Å². The molecule has 0 N–H and O–H groups in total. The van der Waals surface area contributed by atoms with Crippen molar-refractivity contribution in [2.75, 3.05) is 7.11 Å². The first-order valence-electron chi connectivity index (χ1n) is 5.69. The van der Waals surface area contributed by atoms with Gasteiger partial charge in [0.15, 0.2) is 0 Å². The van der Waals surface area contributed by atoms with Gasteiger partial charge in [-0.15, -0.1) is 0 Å². The van der Waals surface area contributed by atoms with Gasteiger partial charge in [-0.1, -0.05) is 19.8 Å². The van der Waals surface area contributed by atoms with Crippen molar-refractivity contribution < 1.29 is 14.3 Å². The molecule has 0 amide bonds. The molecule has 0 aromatic heterocycles. The molecule has 0 aromatic carbocycles. The smallest absolute Gasteiger partial charge is 0.305 e. The van der Waals surface area contributed by atoms with Gasteiger partial charge in [-0.2, -0.15) is 0 Å². The molecule has 0 saturated carbocycles. The van der Waals surface area contributed by atoms with Crippen molar-refractivity contribution in [1.82, 2.24) is 0 Å². The number of ether oxygens (including phenoxy) is 1. The molecule has 3 heteroatoms. The second-order valence-electron chi connectivity index (χ2n) is 3.92. The van der Waals surface area contributed by atoms with Gasteiger partial charge >= 0.3 is 5.97 Å². The minimum Gasteiger partial charge on any atom is -0.469 e. The summed E-state index contributed by atoms with van der Waals surface area (Å²) in [7, 11) is 1.39. The Morgan fingerprint density at radius 3 is 2.27 bits per heavy atom. The van der Waals surface area contributed by atoms with Crippen LogP contribution in [0.15, 0.2) is 0 Å². The molecule has 0 heterocycles. The lowest BCUT2D eigenvalue weighted by Gasteiger charge is -2.12. The highest BCUT2D eigenvalue weighted by Crippen LogP contribution is 2.17. The Morgan fingerprint density at radius 2 is 1.80 bits per heavy atom. The Kier molecular flexibility index (Phi) is 7.96. The van der Waals surface area contributed by atoms with Crippen LogP contribution in [0.3, 0.4) is 0 Å². The third-order valence-electron chi connectivity index (χ3n) is 2.64. The molecular formula is C12H22O3. The highest BCUT2D eigenvalue weighted by molar-refractivity contribution is 5.78. The monoisotopic (exact) mass is 214 g/mol. The van der Waals surface area contributed by atoms with Crippen LogP contribution in [-0.4, -0.2) is 18.9 Å². The van der Waals surface area contributed by atoms with Gasteiger partial charge in [-0.25, -0.2) is 0 Å². The van der Waals surface area contributed by atoms with Gasteiger partial charge in [0, 0.05) is 12.3 Å². The lowest BCUT2D eigenvalue weighted by atomic mass is 9.93. The Hall–Kier alpha value is -0.860. The van der Waals surface area contributed by atoms with Gasteiger partial charge < -0.3 is 4.74 Å². The normalized spacial score (nSPS) is 12.2. The summed E-state index contributed by atoms with van der Waals surface area (Å²) in [5.74, 6) is 0.190. The zero-order chi connectivity index (χ0) is 11.7. The third-order valence-corrected chi connectivity index (χ3v) is 2.64. The molecule has 3 nitrogen and oxygen atoms in total. The maximum Gasteiger partial charge on any atom is 0.305 e. The summed E-state index contributed by atoms with van der Waals surface area (Å²) < 4.78 is 4.55. The number of esters is 1. The molecule has 0 aliphatic rings. The van der Waals surface area contributed by atoms with Crippen molar-refractivity contribution in [3.63, 3.8) is 0 Å². The number of unbranched alkanes of at least 4 members (excludes halogenated alkanes) is 1. The van der Waals surface area contributed by atoms with Crippen LogP contribution in [0.2, 0.25) is 0 Å². The Labute approximate surface area is 92.2 Å². The van der Waals surface area contributed by atoms with Gasteiger partial charge in [0.1, 0.15) is 5.78 Å². The number of hydrogen-bond donors (Lipinski definition) is 0. The quantitative estimate of drug-likeness (QED) is 0.583. The first-order chi connectivity index (χ1) is 7.11. The summed E-state index contributed by atoms with van der Waals surface area (Å²) in [6, 6.07) is 0. The molecule has 0 aromatic rings. The summed E-state index contributed by atoms with van der Waals surface area (Å²) in [6.45, 7) is 3.75. The van der Waals surface area contributed by atoms with Gasteiger partial charge in [0.05, 0.1) is 7.11 Å². The third kappa shape index (κ3) is 7.11. The lowest BCUT2D eigenvalue weighted by molar-refractivity contribution is -0.141. The van der Waals surface area contributed by atoms with E-state index in [0.717, 1.165) is 32.1 Å². The van der Waals surface area contributed by atoms with Crippen LogP contribution in [0.25, 0.3) is 0 Å². The molecule has 1 unspecified atom stereocenters. The zero-order valence-corrected chi connectivity index (χ0v) is 10.0. The van der Waals surface area contributed by atoms with E-state index >= 15 is 0 Å². The molecule has 0 bridgehead atoms. The van der Waals surface area contributed by atoms with E-state index in [1.54, 1.807) is 6.92 Å². The van der Waals surface area contributed by atoms with E-state index in [9.17, 15) is 9.59 Å². The van der Waals surface area contributed by atoms with E-state index in [1.165, 1.54) is 7.11 Å². The van der Waals surface area contributed by atoms with E-state index in [1.807, 2.05) is 0 Å². The Morgan fingerprint density at radius 1 is 1.20 bits per heavy atom. The minimum atomic E-state index is -0.187. The first kappa shape index (κ1) is 14.1. The highest BCUT2D eigenvalue weighted by atomic mass is 16.5. The molecule has 0 aliphatic heterocycles. The van der Waals surface area contributed by atoms with Crippen molar-refractivity contribution in [3.05, 3.63) is 0 Å². The fraction of sp³-hybridized carbons (Fsp3) is 0.833. The number of ketones is 1. The van der Waals surface area contributed by atoms with Gasteiger partial charge in [-0.3, -0.25) is 9.59 Å². The summed E-state index contributed by atoms with van der Waals surface area (Å²) in [5, 5.41) is 0. The predicted molar refractivity (Wildman–Crippen MR) is 59.6 cm³/mol. The summed E-state index contributed by atoms with van der Waals surface area (Å²) >= 11 is 0. The number of rotatable bonds is 8. The topological polar surface area (TPSA) is 43.4 Å². The van der Waals surface area contributed by atoms with Crippen LogP contribution >= 0.6 is 0 Å². The SMILES string of the molecule is CCCCC(CCCC(=O)OC)C(C)=O. The minimum absolute atomic E-state index is 0.134. The average Bonchev–Trinajstić information content (AvgIpc) is 2.22. The number of Topliss-reactive ketones (excluding diaryl/α,β-unsaturated/α-hetero) is 1. The molecular weight excluding hydrogens is 192 g/mol. The van der Waals surface area contributed by atoms with E-state index in [0.29, 0.717) is 6.42 Å². The van der Waals surface area contributed by atoms with E-state index in [4.69, 9.17) is 0 Å². The van der Waals surface area contributed by atoms with Crippen LogP contribution in [0, 0.1) is 5.92 Å². The predicted octanol–water partition coefficient (Wildman–Crippen LogP) is 2.73. The molecule has 15 heavy (non-hydrogen) atoms. The first-order valence-corrected chi connectivity index (χ1v) is 5.69. The number of carbonyl (C=O) groups is 2. The molecule has 0 rings (SSSR count). The Bertz CT molecular complexity index is 199. The van der Waals surface area contributed by atoms with Gasteiger partial charge in [0.25, 0.3) is 0 Å². The van der Waals surface area contributed by atoms with Crippen LogP contribution in [0.5, 0.6) is 0 Å². The summed E-state index contributed by atoms with van der Waals surface area (Å²) in [5.41, 5.74) is 0.